The third kappa shape index (κ3) is 3.02. The molecule has 1 saturated heterocycles. The van der Waals surface area contributed by atoms with Crippen LogP contribution in [0.1, 0.15) is 31.2 Å². The molecule has 1 aromatic rings. The van der Waals surface area contributed by atoms with Gasteiger partial charge < -0.3 is 10.6 Å². The number of nitrogens with one attached hydrogen (secondary N) is 1. The summed E-state index contributed by atoms with van der Waals surface area (Å²) in [5, 5.41) is 7.64. The van der Waals surface area contributed by atoms with E-state index in [1.54, 1.807) is 6.07 Å². The molecule has 2 aliphatic rings. The van der Waals surface area contributed by atoms with Crippen LogP contribution in [0.15, 0.2) is 18.2 Å². The summed E-state index contributed by atoms with van der Waals surface area (Å²) in [6, 6.07) is 5.32. The predicted octanol–water partition coefficient (Wildman–Crippen LogP) is 2.17. The van der Waals surface area contributed by atoms with Crippen molar-refractivity contribution in [3.05, 3.63) is 29.6 Å². The highest BCUT2D eigenvalue weighted by Gasteiger charge is 2.27. The van der Waals surface area contributed by atoms with E-state index in [1.165, 1.54) is 37.8 Å². The van der Waals surface area contributed by atoms with Gasteiger partial charge in [0, 0.05) is 43.5 Å². The number of amidine groups is 1. The Morgan fingerprint density at radius 3 is 2.43 bits per heavy atom. The maximum atomic E-state index is 13.4. The van der Waals surface area contributed by atoms with Crippen LogP contribution in [0.2, 0.25) is 0 Å². The lowest BCUT2D eigenvalue weighted by atomic mass is 10.1. The van der Waals surface area contributed by atoms with Crippen LogP contribution in [0.3, 0.4) is 0 Å². The molecule has 2 fully saturated rings. The Morgan fingerprint density at radius 1 is 1.14 bits per heavy atom. The van der Waals surface area contributed by atoms with E-state index in [0.29, 0.717) is 5.56 Å². The third-order valence-electron chi connectivity index (χ3n) is 4.74. The molecule has 21 heavy (non-hydrogen) atoms. The second kappa shape index (κ2) is 6.02. The van der Waals surface area contributed by atoms with Gasteiger partial charge >= 0.3 is 0 Å². The lowest BCUT2D eigenvalue weighted by molar-refractivity contribution is 0.187. The number of hydrogen-bond donors (Lipinski definition) is 2. The van der Waals surface area contributed by atoms with Crippen LogP contribution in [0.25, 0.3) is 0 Å². The second-order valence-electron chi connectivity index (χ2n) is 6.04. The van der Waals surface area contributed by atoms with Crippen LogP contribution in [-0.2, 0) is 0 Å². The average molecular weight is 290 g/mol. The van der Waals surface area contributed by atoms with E-state index in [1.807, 2.05) is 0 Å². The number of nitrogens with zero attached hydrogens (tertiary/aromatic N) is 2. The number of nitrogens with two attached hydrogens (primary N) is 1. The van der Waals surface area contributed by atoms with Crippen LogP contribution >= 0.6 is 0 Å². The normalized spacial score (nSPS) is 20.9. The first-order valence-electron chi connectivity index (χ1n) is 7.78. The summed E-state index contributed by atoms with van der Waals surface area (Å²) < 4.78 is 13.4. The first-order valence-corrected chi connectivity index (χ1v) is 7.78. The van der Waals surface area contributed by atoms with Gasteiger partial charge in [0.1, 0.15) is 11.7 Å². The highest BCUT2D eigenvalue weighted by molar-refractivity contribution is 6.00. The summed E-state index contributed by atoms with van der Waals surface area (Å²) in [6.45, 7) is 3.92. The molecule has 0 unspecified atom stereocenters. The van der Waals surface area contributed by atoms with Crippen molar-refractivity contribution in [2.45, 2.75) is 31.7 Å². The van der Waals surface area contributed by atoms with Crippen molar-refractivity contribution < 1.29 is 4.39 Å². The Kier molecular flexibility index (Phi) is 4.10. The molecule has 1 aromatic carbocycles. The summed E-state index contributed by atoms with van der Waals surface area (Å²) in [6.07, 6.45) is 5.37. The minimum atomic E-state index is -0.339. The van der Waals surface area contributed by atoms with E-state index in [0.717, 1.165) is 37.9 Å². The lowest BCUT2D eigenvalue weighted by Gasteiger charge is -2.39. The smallest absolute Gasteiger partial charge is 0.125 e. The van der Waals surface area contributed by atoms with Gasteiger partial charge in [-0.15, -0.1) is 0 Å². The number of hydrogen-bond acceptors (Lipinski definition) is 3. The van der Waals surface area contributed by atoms with Crippen LogP contribution < -0.4 is 10.6 Å². The zero-order chi connectivity index (χ0) is 14.8. The van der Waals surface area contributed by atoms with Gasteiger partial charge in [-0.2, -0.15) is 0 Å². The molecule has 1 aliphatic carbocycles. The molecule has 0 aromatic heterocycles. The van der Waals surface area contributed by atoms with E-state index in [-0.39, 0.29) is 11.7 Å². The minimum absolute atomic E-state index is 0.0669. The van der Waals surface area contributed by atoms with Gasteiger partial charge in [-0.05, 0) is 31.0 Å². The number of halogens is 1. The minimum Gasteiger partial charge on any atom is -0.384 e. The second-order valence-corrected chi connectivity index (χ2v) is 6.04. The molecule has 0 atom stereocenters. The summed E-state index contributed by atoms with van der Waals surface area (Å²) in [5.41, 5.74) is 6.98. The largest absolute Gasteiger partial charge is 0.384 e. The Hall–Kier alpha value is -1.62. The van der Waals surface area contributed by atoms with Crippen molar-refractivity contribution in [3.8, 4) is 0 Å². The number of benzene rings is 1. The molecule has 1 saturated carbocycles. The zero-order valence-electron chi connectivity index (χ0n) is 12.3. The first kappa shape index (κ1) is 14.3. The van der Waals surface area contributed by atoms with Crippen molar-refractivity contribution in [1.82, 2.24) is 4.90 Å². The number of rotatable bonds is 3. The molecule has 3 rings (SSSR count). The van der Waals surface area contributed by atoms with E-state index in [4.69, 9.17) is 11.1 Å². The Morgan fingerprint density at radius 2 is 1.81 bits per heavy atom. The summed E-state index contributed by atoms with van der Waals surface area (Å²) in [4.78, 5) is 4.81. The Balaban J connectivity index is 1.70. The number of piperazine rings is 1. The van der Waals surface area contributed by atoms with Crippen molar-refractivity contribution >= 4 is 11.5 Å². The number of anilines is 1. The van der Waals surface area contributed by atoms with E-state index in [2.05, 4.69) is 9.80 Å². The van der Waals surface area contributed by atoms with Gasteiger partial charge in [0.25, 0.3) is 0 Å². The van der Waals surface area contributed by atoms with Gasteiger partial charge in [-0.25, -0.2) is 4.39 Å². The molecule has 0 spiro atoms. The molecule has 3 N–H and O–H groups in total. The van der Waals surface area contributed by atoms with E-state index >= 15 is 0 Å². The fourth-order valence-electron chi connectivity index (χ4n) is 3.60. The van der Waals surface area contributed by atoms with Crippen LogP contribution in [0, 0.1) is 11.2 Å². The first-order chi connectivity index (χ1) is 10.1. The average Bonchev–Trinajstić information content (AvgIpc) is 3.01. The number of nitrogen functional groups attached to an aromatic ring is 1. The molecule has 0 radical (unpaired) electrons. The molecule has 0 amide bonds. The van der Waals surface area contributed by atoms with Gasteiger partial charge in [0.15, 0.2) is 0 Å². The van der Waals surface area contributed by atoms with Gasteiger partial charge in [-0.1, -0.05) is 12.8 Å². The van der Waals surface area contributed by atoms with Gasteiger partial charge in [-0.3, -0.25) is 10.3 Å². The Labute approximate surface area is 125 Å². The fraction of sp³-hybridized carbons (Fsp3) is 0.562. The molecule has 114 valence electrons. The standard InChI is InChI=1S/C16H23FN4/c17-12-5-6-15(14(11-12)16(18)19)21-9-7-20(8-10-21)13-3-1-2-4-13/h5-6,11,13H,1-4,7-10H2,(H3,18,19). The maximum Gasteiger partial charge on any atom is 0.125 e. The van der Waals surface area contributed by atoms with Crippen molar-refractivity contribution in [3.63, 3.8) is 0 Å². The highest BCUT2D eigenvalue weighted by atomic mass is 19.1. The lowest BCUT2D eigenvalue weighted by Crippen LogP contribution is -2.50. The van der Waals surface area contributed by atoms with Gasteiger partial charge in [0.2, 0.25) is 0 Å². The van der Waals surface area contributed by atoms with Crippen molar-refractivity contribution in [2.24, 2.45) is 5.73 Å². The molecule has 1 aliphatic heterocycles. The van der Waals surface area contributed by atoms with E-state index in [9.17, 15) is 4.39 Å². The summed E-state index contributed by atoms with van der Waals surface area (Å²) in [7, 11) is 0. The molecule has 5 heteroatoms. The highest BCUT2D eigenvalue weighted by Crippen LogP contribution is 2.27. The van der Waals surface area contributed by atoms with Crippen molar-refractivity contribution in [2.75, 3.05) is 31.1 Å². The summed E-state index contributed by atoms with van der Waals surface area (Å²) >= 11 is 0. The monoisotopic (exact) mass is 290 g/mol. The zero-order valence-corrected chi connectivity index (χ0v) is 12.3. The molecule has 4 nitrogen and oxygen atoms in total. The third-order valence-corrected chi connectivity index (χ3v) is 4.74. The van der Waals surface area contributed by atoms with Crippen LogP contribution in [-0.4, -0.2) is 43.0 Å². The SMILES string of the molecule is N=C(N)c1cc(F)ccc1N1CCN(C2CCCC2)CC1. The molecule has 0 bridgehead atoms. The molecular formula is C16H23FN4. The van der Waals surface area contributed by atoms with E-state index < -0.39 is 0 Å². The Bertz CT molecular complexity index is 517. The quantitative estimate of drug-likeness (QED) is 0.662. The predicted molar refractivity (Wildman–Crippen MR) is 83.5 cm³/mol. The molecule has 1 heterocycles. The maximum absolute atomic E-state index is 13.4. The topological polar surface area (TPSA) is 56.4 Å². The molecular weight excluding hydrogens is 267 g/mol. The van der Waals surface area contributed by atoms with Crippen LogP contribution in [0.5, 0.6) is 0 Å². The fourth-order valence-corrected chi connectivity index (χ4v) is 3.60. The van der Waals surface area contributed by atoms with Crippen LogP contribution in [0.4, 0.5) is 10.1 Å². The van der Waals surface area contributed by atoms with Gasteiger partial charge in [0.05, 0.1) is 0 Å². The summed E-state index contributed by atoms with van der Waals surface area (Å²) in [5.74, 6) is -0.406. The van der Waals surface area contributed by atoms with Crippen molar-refractivity contribution in [1.29, 1.82) is 5.41 Å².